The van der Waals surface area contributed by atoms with Crippen LogP contribution in [0.1, 0.15) is 10.4 Å². The molecule has 1 amide bonds. The van der Waals surface area contributed by atoms with E-state index in [-0.39, 0.29) is 17.8 Å². The summed E-state index contributed by atoms with van der Waals surface area (Å²) in [5, 5.41) is 20.0. The van der Waals surface area contributed by atoms with Crippen LogP contribution in [0.4, 0.5) is 5.69 Å². The molecule has 7 heteroatoms. The van der Waals surface area contributed by atoms with E-state index in [2.05, 4.69) is 5.32 Å². The number of carboxylic acid groups (broad SMARTS) is 1. The number of carbonyl (C=O) groups is 2. The first-order valence-electron chi connectivity index (χ1n) is 4.66. The molecule has 0 saturated heterocycles. The van der Waals surface area contributed by atoms with Gasteiger partial charge in [-0.1, -0.05) is 11.6 Å². The number of aliphatic hydroxyl groups excluding tert-OH is 1. The van der Waals surface area contributed by atoms with Crippen molar-refractivity contribution >= 4 is 29.2 Å². The molecule has 0 aliphatic carbocycles. The van der Waals surface area contributed by atoms with Crippen LogP contribution in [0.3, 0.4) is 0 Å². The van der Waals surface area contributed by atoms with E-state index in [1.54, 1.807) is 0 Å². The van der Waals surface area contributed by atoms with Gasteiger partial charge in [-0.2, -0.15) is 0 Å². The molecule has 0 aliphatic heterocycles. The maximum absolute atomic E-state index is 11.5. The van der Waals surface area contributed by atoms with Crippen LogP contribution in [0.2, 0.25) is 5.02 Å². The summed E-state index contributed by atoms with van der Waals surface area (Å²) in [6, 6.07) is 4.27. The Morgan fingerprint density at radius 3 is 2.65 bits per heavy atom. The predicted octanol–water partition coefficient (Wildman–Crippen LogP) is 0.0975. The largest absolute Gasteiger partial charge is 0.479 e. The van der Waals surface area contributed by atoms with Crippen molar-refractivity contribution in [2.75, 3.05) is 12.3 Å². The molecule has 0 heterocycles. The van der Waals surface area contributed by atoms with E-state index in [9.17, 15) is 9.59 Å². The van der Waals surface area contributed by atoms with E-state index < -0.39 is 18.0 Å². The topological polar surface area (TPSA) is 113 Å². The number of aliphatic carboxylic acids is 1. The molecule has 0 spiro atoms. The number of carboxylic acids is 1. The van der Waals surface area contributed by atoms with Gasteiger partial charge in [-0.25, -0.2) is 4.79 Å². The third-order valence-corrected chi connectivity index (χ3v) is 2.34. The number of nitrogen functional groups attached to an aromatic ring is 1. The van der Waals surface area contributed by atoms with Gasteiger partial charge in [-0.05, 0) is 18.2 Å². The lowest BCUT2D eigenvalue weighted by molar-refractivity contribution is -0.146. The summed E-state index contributed by atoms with van der Waals surface area (Å²) in [6.07, 6.45) is -1.64. The molecule has 1 atom stereocenters. The van der Waals surface area contributed by atoms with Gasteiger partial charge in [0, 0.05) is 5.56 Å². The number of hydrogen-bond donors (Lipinski definition) is 4. The van der Waals surface area contributed by atoms with Crippen molar-refractivity contribution in [1.82, 2.24) is 5.32 Å². The number of anilines is 1. The average Bonchev–Trinajstić information content (AvgIpc) is 2.28. The maximum atomic E-state index is 11.5. The quantitative estimate of drug-likeness (QED) is 0.572. The second kappa shape index (κ2) is 5.51. The van der Waals surface area contributed by atoms with Gasteiger partial charge in [0.25, 0.3) is 5.91 Å². The van der Waals surface area contributed by atoms with Crippen molar-refractivity contribution in [3.05, 3.63) is 28.8 Å². The normalized spacial score (nSPS) is 11.9. The third kappa shape index (κ3) is 3.61. The maximum Gasteiger partial charge on any atom is 0.334 e. The Morgan fingerprint density at radius 2 is 2.12 bits per heavy atom. The Morgan fingerprint density at radius 1 is 1.47 bits per heavy atom. The van der Waals surface area contributed by atoms with Gasteiger partial charge in [0.2, 0.25) is 0 Å². The molecule has 0 radical (unpaired) electrons. The highest BCUT2D eigenvalue weighted by Gasteiger charge is 2.15. The molecule has 0 aliphatic rings. The Kier molecular flexibility index (Phi) is 4.30. The molecule has 1 unspecified atom stereocenters. The van der Waals surface area contributed by atoms with E-state index in [4.69, 9.17) is 27.5 Å². The molecule has 1 aromatic carbocycles. The Hall–Kier alpha value is -1.79. The first-order chi connectivity index (χ1) is 7.91. The number of nitrogens with one attached hydrogen (secondary N) is 1. The molecule has 0 bridgehead atoms. The molecule has 0 aromatic heterocycles. The van der Waals surface area contributed by atoms with Crippen LogP contribution in [0.5, 0.6) is 0 Å². The van der Waals surface area contributed by atoms with Gasteiger partial charge in [-0.15, -0.1) is 0 Å². The summed E-state index contributed by atoms with van der Waals surface area (Å²) in [7, 11) is 0. The fourth-order valence-corrected chi connectivity index (χ4v) is 1.18. The van der Waals surface area contributed by atoms with Crippen molar-refractivity contribution in [2.45, 2.75) is 6.10 Å². The zero-order valence-electron chi connectivity index (χ0n) is 8.68. The molecular weight excluding hydrogens is 248 g/mol. The Labute approximate surface area is 102 Å². The van der Waals surface area contributed by atoms with Crippen molar-refractivity contribution in [3.8, 4) is 0 Å². The number of nitrogens with two attached hydrogens (primary N) is 1. The molecule has 92 valence electrons. The number of rotatable bonds is 4. The van der Waals surface area contributed by atoms with Crippen LogP contribution in [0.15, 0.2) is 18.2 Å². The lowest BCUT2D eigenvalue weighted by atomic mass is 10.2. The van der Waals surface area contributed by atoms with Gasteiger partial charge < -0.3 is 21.3 Å². The fraction of sp³-hybridized carbons (Fsp3) is 0.200. The summed E-state index contributed by atoms with van der Waals surface area (Å²) in [6.45, 7) is -0.378. The first kappa shape index (κ1) is 13.3. The summed E-state index contributed by atoms with van der Waals surface area (Å²) in [4.78, 5) is 21.8. The van der Waals surface area contributed by atoms with Crippen molar-refractivity contribution in [1.29, 1.82) is 0 Å². The SMILES string of the molecule is Nc1cc(C(=O)NCC(O)C(=O)O)ccc1Cl. The number of amides is 1. The highest BCUT2D eigenvalue weighted by Crippen LogP contribution is 2.19. The highest BCUT2D eigenvalue weighted by atomic mass is 35.5. The second-order valence-corrected chi connectivity index (χ2v) is 3.71. The zero-order chi connectivity index (χ0) is 13.0. The minimum absolute atomic E-state index is 0.240. The van der Waals surface area contributed by atoms with Crippen LogP contribution in [0.25, 0.3) is 0 Å². The Bertz CT molecular complexity index is 450. The third-order valence-electron chi connectivity index (χ3n) is 2.00. The second-order valence-electron chi connectivity index (χ2n) is 3.30. The lowest BCUT2D eigenvalue weighted by Crippen LogP contribution is -2.36. The molecule has 17 heavy (non-hydrogen) atoms. The summed E-state index contributed by atoms with van der Waals surface area (Å²) >= 11 is 5.68. The average molecular weight is 259 g/mol. The van der Waals surface area contributed by atoms with Crippen LogP contribution in [-0.2, 0) is 4.79 Å². The minimum Gasteiger partial charge on any atom is -0.479 e. The summed E-state index contributed by atoms with van der Waals surface area (Å²) in [5.74, 6) is -1.94. The summed E-state index contributed by atoms with van der Waals surface area (Å²) < 4.78 is 0. The van der Waals surface area contributed by atoms with E-state index >= 15 is 0 Å². The van der Waals surface area contributed by atoms with Crippen LogP contribution in [-0.4, -0.2) is 34.7 Å². The number of hydrogen-bond acceptors (Lipinski definition) is 4. The molecular formula is C10H11ClN2O4. The smallest absolute Gasteiger partial charge is 0.334 e. The molecule has 6 nitrogen and oxygen atoms in total. The molecule has 5 N–H and O–H groups in total. The van der Waals surface area contributed by atoms with Crippen molar-refractivity contribution < 1.29 is 19.8 Å². The molecule has 1 rings (SSSR count). The predicted molar refractivity (Wildman–Crippen MR) is 61.8 cm³/mol. The van der Waals surface area contributed by atoms with Crippen molar-refractivity contribution in [2.24, 2.45) is 0 Å². The molecule has 0 saturated carbocycles. The molecule has 0 fully saturated rings. The van der Waals surface area contributed by atoms with Gasteiger partial charge in [0.1, 0.15) is 0 Å². The minimum atomic E-state index is -1.64. The number of carbonyl (C=O) groups excluding carboxylic acids is 1. The van der Waals surface area contributed by atoms with E-state index in [0.717, 1.165) is 0 Å². The first-order valence-corrected chi connectivity index (χ1v) is 5.03. The van der Waals surface area contributed by atoms with E-state index in [0.29, 0.717) is 5.02 Å². The fourth-order valence-electron chi connectivity index (χ4n) is 1.06. The Balaban J connectivity index is 2.64. The van der Waals surface area contributed by atoms with Gasteiger partial charge in [0.15, 0.2) is 6.10 Å². The van der Waals surface area contributed by atoms with Crippen LogP contribution >= 0.6 is 11.6 Å². The van der Waals surface area contributed by atoms with Crippen LogP contribution in [0, 0.1) is 0 Å². The number of aliphatic hydroxyl groups is 1. The number of benzene rings is 1. The van der Waals surface area contributed by atoms with Crippen LogP contribution < -0.4 is 11.1 Å². The highest BCUT2D eigenvalue weighted by molar-refractivity contribution is 6.33. The van der Waals surface area contributed by atoms with E-state index in [1.807, 2.05) is 0 Å². The summed E-state index contributed by atoms with van der Waals surface area (Å²) in [5.41, 5.74) is 6.00. The zero-order valence-corrected chi connectivity index (χ0v) is 9.44. The monoisotopic (exact) mass is 258 g/mol. The lowest BCUT2D eigenvalue weighted by Gasteiger charge is -2.08. The van der Waals surface area contributed by atoms with Gasteiger partial charge in [0.05, 0.1) is 17.3 Å². The van der Waals surface area contributed by atoms with E-state index in [1.165, 1.54) is 18.2 Å². The van der Waals surface area contributed by atoms with Crippen molar-refractivity contribution in [3.63, 3.8) is 0 Å². The molecule has 1 aromatic rings. The van der Waals surface area contributed by atoms with Gasteiger partial charge in [-0.3, -0.25) is 4.79 Å². The van der Waals surface area contributed by atoms with Gasteiger partial charge >= 0.3 is 5.97 Å². The number of halogens is 1. The standard InChI is InChI=1S/C10H11ClN2O4/c11-6-2-1-5(3-7(6)12)9(15)13-4-8(14)10(16)17/h1-3,8,14H,4,12H2,(H,13,15)(H,16,17).